The van der Waals surface area contributed by atoms with Crippen LogP contribution >= 0.6 is 23.8 Å². The molecular weight excluding hydrogens is 389 g/mol. The number of ether oxygens (including phenoxy) is 1. The van der Waals surface area contributed by atoms with Crippen molar-refractivity contribution in [3.8, 4) is 0 Å². The van der Waals surface area contributed by atoms with Gasteiger partial charge in [-0.3, -0.25) is 5.32 Å². The van der Waals surface area contributed by atoms with Crippen LogP contribution in [0.3, 0.4) is 0 Å². The summed E-state index contributed by atoms with van der Waals surface area (Å²) in [4.78, 5) is 0. The first-order valence-corrected chi connectivity index (χ1v) is 9.96. The maximum Gasteiger partial charge on any atom is 0.179 e. The standard InChI is InChI=1S/C19H23ClFN3O2S/c1-23-16(8-18(25)22-13-4-5-26-10-13)17-6-11(9-24(17)19(23)27)14-7-12(20)2-3-15(14)21/h2-3,7,11,13,18,22,25H,4-6,8-10H2,1H3/t11-,13+,18?/m0/s1. The fourth-order valence-electron chi connectivity index (χ4n) is 4.17. The van der Waals surface area contributed by atoms with Crippen LogP contribution in [-0.4, -0.2) is 39.7 Å². The third-order valence-electron chi connectivity index (χ3n) is 5.57. The molecule has 4 rings (SSSR count). The van der Waals surface area contributed by atoms with Gasteiger partial charge in [0.15, 0.2) is 4.77 Å². The van der Waals surface area contributed by atoms with Gasteiger partial charge >= 0.3 is 0 Å². The Morgan fingerprint density at radius 1 is 1.48 bits per heavy atom. The average Bonchev–Trinajstić information content (AvgIpc) is 3.33. The molecule has 1 fully saturated rings. The molecule has 8 heteroatoms. The van der Waals surface area contributed by atoms with Crippen LogP contribution in [0.25, 0.3) is 0 Å². The monoisotopic (exact) mass is 411 g/mol. The number of rotatable bonds is 5. The fraction of sp³-hybridized carbons (Fsp3) is 0.526. The number of imidazole rings is 1. The smallest absolute Gasteiger partial charge is 0.179 e. The Bertz CT molecular complexity index is 907. The van der Waals surface area contributed by atoms with E-state index in [-0.39, 0.29) is 17.8 Å². The van der Waals surface area contributed by atoms with Gasteiger partial charge in [-0.05, 0) is 48.8 Å². The molecule has 0 bridgehead atoms. The fourth-order valence-corrected chi connectivity index (χ4v) is 4.64. The lowest BCUT2D eigenvalue weighted by molar-refractivity contribution is 0.112. The Labute approximate surface area is 167 Å². The van der Waals surface area contributed by atoms with Crippen molar-refractivity contribution in [1.29, 1.82) is 0 Å². The normalized spacial score (nSPS) is 23.0. The molecule has 27 heavy (non-hydrogen) atoms. The molecule has 1 aromatic carbocycles. The van der Waals surface area contributed by atoms with Crippen LogP contribution in [0.1, 0.15) is 29.3 Å². The number of aliphatic hydroxyl groups is 1. The Morgan fingerprint density at radius 2 is 2.30 bits per heavy atom. The average molecular weight is 412 g/mol. The molecular formula is C19H23ClFN3O2S. The van der Waals surface area contributed by atoms with Crippen molar-refractivity contribution in [1.82, 2.24) is 14.5 Å². The molecule has 2 aliphatic heterocycles. The predicted molar refractivity (Wildman–Crippen MR) is 104 cm³/mol. The van der Waals surface area contributed by atoms with E-state index < -0.39 is 6.23 Å². The predicted octanol–water partition coefficient (Wildman–Crippen LogP) is 2.93. The van der Waals surface area contributed by atoms with Crippen molar-refractivity contribution >= 4 is 23.8 Å². The Balaban J connectivity index is 1.56. The van der Waals surface area contributed by atoms with E-state index in [1.807, 2.05) is 11.6 Å². The number of hydrogen-bond acceptors (Lipinski definition) is 4. The molecule has 0 aliphatic carbocycles. The molecule has 1 aromatic heterocycles. The molecule has 3 atom stereocenters. The largest absolute Gasteiger partial charge is 0.380 e. The van der Waals surface area contributed by atoms with Gasteiger partial charge in [-0.2, -0.15) is 0 Å². The van der Waals surface area contributed by atoms with Crippen LogP contribution in [-0.2, 0) is 31.2 Å². The third kappa shape index (κ3) is 3.71. The van der Waals surface area contributed by atoms with Crippen molar-refractivity contribution in [3.05, 3.63) is 50.8 Å². The molecule has 3 heterocycles. The number of aromatic nitrogens is 2. The molecule has 1 saturated heterocycles. The number of nitrogens with one attached hydrogen (secondary N) is 1. The first-order valence-electron chi connectivity index (χ1n) is 9.18. The van der Waals surface area contributed by atoms with Crippen LogP contribution in [0.4, 0.5) is 4.39 Å². The SMILES string of the molecule is Cn1c(CC(O)N[C@@H]2CCOC2)c2n(c1=S)C[C@@H](c1cc(Cl)ccc1F)C2. The van der Waals surface area contributed by atoms with Crippen molar-refractivity contribution in [3.63, 3.8) is 0 Å². The summed E-state index contributed by atoms with van der Waals surface area (Å²) in [5.41, 5.74) is 2.68. The van der Waals surface area contributed by atoms with E-state index in [0.717, 1.165) is 24.4 Å². The Hall–Kier alpha value is -1.25. The zero-order chi connectivity index (χ0) is 19.1. The van der Waals surface area contributed by atoms with Gasteiger partial charge in [-0.15, -0.1) is 0 Å². The van der Waals surface area contributed by atoms with Crippen molar-refractivity contribution in [2.24, 2.45) is 7.05 Å². The highest BCUT2D eigenvalue weighted by molar-refractivity contribution is 7.71. The molecule has 146 valence electrons. The second kappa shape index (κ2) is 7.64. The summed E-state index contributed by atoms with van der Waals surface area (Å²) < 4.78 is 24.4. The molecule has 2 aromatic rings. The summed E-state index contributed by atoms with van der Waals surface area (Å²) in [6.07, 6.45) is 1.35. The third-order valence-corrected chi connectivity index (χ3v) is 6.30. The Morgan fingerprint density at radius 3 is 3.04 bits per heavy atom. The van der Waals surface area contributed by atoms with Gasteiger partial charge in [-0.1, -0.05) is 11.6 Å². The van der Waals surface area contributed by atoms with Gasteiger partial charge < -0.3 is 19.0 Å². The van der Waals surface area contributed by atoms with Gasteiger partial charge in [0.05, 0.1) is 6.61 Å². The minimum absolute atomic E-state index is 0.00585. The van der Waals surface area contributed by atoms with Gasteiger partial charge in [0.25, 0.3) is 0 Å². The lowest BCUT2D eigenvalue weighted by Gasteiger charge is -2.18. The minimum Gasteiger partial charge on any atom is -0.380 e. The van der Waals surface area contributed by atoms with Crippen molar-refractivity contribution < 1.29 is 14.2 Å². The van der Waals surface area contributed by atoms with E-state index in [4.69, 9.17) is 28.6 Å². The van der Waals surface area contributed by atoms with Gasteiger partial charge in [0.2, 0.25) is 0 Å². The molecule has 1 unspecified atom stereocenters. The van der Waals surface area contributed by atoms with E-state index in [2.05, 4.69) is 9.88 Å². The molecule has 2 N–H and O–H groups in total. The first-order chi connectivity index (χ1) is 12.9. The number of benzene rings is 1. The number of nitrogens with zero attached hydrogens (tertiary/aromatic N) is 2. The summed E-state index contributed by atoms with van der Waals surface area (Å²) in [5, 5.41) is 14.2. The quantitative estimate of drug-likeness (QED) is 0.586. The zero-order valence-corrected chi connectivity index (χ0v) is 16.7. The summed E-state index contributed by atoms with van der Waals surface area (Å²) >= 11 is 11.7. The molecule has 2 aliphatic rings. The number of hydrogen-bond donors (Lipinski definition) is 2. The minimum atomic E-state index is -0.675. The van der Waals surface area contributed by atoms with Crippen LogP contribution in [0.5, 0.6) is 0 Å². The molecule has 0 amide bonds. The maximum atomic E-state index is 14.3. The highest BCUT2D eigenvalue weighted by atomic mass is 35.5. The van der Waals surface area contributed by atoms with E-state index in [1.165, 1.54) is 6.07 Å². The second-order valence-electron chi connectivity index (χ2n) is 7.36. The Kier molecular flexibility index (Phi) is 5.40. The van der Waals surface area contributed by atoms with Crippen LogP contribution in [0.15, 0.2) is 18.2 Å². The van der Waals surface area contributed by atoms with Crippen LogP contribution in [0, 0.1) is 10.6 Å². The van der Waals surface area contributed by atoms with Crippen molar-refractivity contribution in [2.45, 2.75) is 44.0 Å². The second-order valence-corrected chi connectivity index (χ2v) is 8.16. The van der Waals surface area contributed by atoms with E-state index in [1.54, 1.807) is 12.1 Å². The number of aliphatic hydroxyl groups excluding tert-OH is 1. The molecule has 0 spiro atoms. The van der Waals surface area contributed by atoms with Crippen LogP contribution < -0.4 is 5.32 Å². The van der Waals surface area contributed by atoms with Crippen LogP contribution in [0.2, 0.25) is 5.02 Å². The first kappa shape index (κ1) is 19.1. The van der Waals surface area contributed by atoms with E-state index >= 15 is 0 Å². The van der Waals surface area contributed by atoms with Crippen molar-refractivity contribution in [2.75, 3.05) is 13.2 Å². The molecule has 0 saturated carbocycles. The number of fused-ring (bicyclic) bond motifs is 1. The number of halogens is 2. The lowest BCUT2D eigenvalue weighted by Crippen LogP contribution is -2.40. The highest BCUT2D eigenvalue weighted by Gasteiger charge is 2.31. The molecule has 0 radical (unpaired) electrons. The highest BCUT2D eigenvalue weighted by Crippen LogP contribution is 2.35. The van der Waals surface area contributed by atoms with Gasteiger partial charge in [0.1, 0.15) is 12.0 Å². The summed E-state index contributed by atoms with van der Waals surface area (Å²) in [6.45, 7) is 1.97. The van der Waals surface area contributed by atoms with Gasteiger partial charge in [0, 0.05) is 55.0 Å². The zero-order valence-electron chi connectivity index (χ0n) is 15.1. The lowest BCUT2D eigenvalue weighted by atomic mass is 9.95. The molecule has 5 nitrogen and oxygen atoms in total. The summed E-state index contributed by atoms with van der Waals surface area (Å²) in [6, 6.07) is 4.86. The summed E-state index contributed by atoms with van der Waals surface area (Å²) in [5.74, 6) is -0.247. The maximum absolute atomic E-state index is 14.3. The van der Waals surface area contributed by atoms with E-state index in [0.29, 0.717) is 41.4 Å². The van der Waals surface area contributed by atoms with E-state index in [9.17, 15) is 9.50 Å². The summed E-state index contributed by atoms with van der Waals surface area (Å²) in [7, 11) is 1.92. The van der Waals surface area contributed by atoms with Gasteiger partial charge in [-0.25, -0.2) is 4.39 Å². The topological polar surface area (TPSA) is 51.4 Å².